The van der Waals surface area contributed by atoms with E-state index in [4.69, 9.17) is 0 Å². The molecule has 40 valence electrons. The van der Waals surface area contributed by atoms with E-state index in [2.05, 4.69) is 0 Å². The summed E-state index contributed by atoms with van der Waals surface area (Å²) in [5, 5.41) is 0. The molecule has 0 radical (unpaired) electrons. The number of rotatable bonds is 0. The minimum absolute atomic E-state index is 0. The highest BCUT2D eigenvalue weighted by Gasteiger charge is -0.0775. The topological polar surface area (TPSA) is 35.0 Å². The van der Waals surface area contributed by atoms with Gasteiger partial charge in [0.2, 0.25) is 0 Å². The molecular formula is CH10Br3N. The molecule has 0 rings (SSSR count). The summed E-state index contributed by atoms with van der Waals surface area (Å²) < 4.78 is 0. The Morgan fingerprint density at radius 2 is 0.600 bits per heavy atom. The minimum atomic E-state index is 0. The molecule has 5 heavy (non-hydrogen) atoms. The van der Waals surface area contributed by atoms with Crippen LogP contribution >= 0.6 is 50.9 Å². The zero-order valence-corrected chi connectivity index (χ0v) is 7.07. The van der Waals surface area contributed by atoms with E-state index in [1.165, 1.54) is 0 Å². The van der Waals surface area contributed by atoms with Crippen LogP contribution in [-0.4, -0.2) is 0 Å². The van der Waals surface area contributed by atoms with Gasteiger partial charge in [-0.3, -0.25) is 0 Å². The molecule has 0 aliphatic heterocycles. The van der Waals surface area contributed by atoms with E-state index >= 15 is 0 Å². The first-order valence-corrected chi connectivity index (χ1v) is 0. The molecule has 0 unspecified atom stereocenters. The first-order chi connectivity index (χ1) is 0. The molecule has 0 amide bonds. The van der Waals surface area contributed by atoms with Gasteiger partial charge < -0.3 is 6.15 Å². The molecule has 0 bridgehead atoms. The number of halogens is 3. The fourth-order valence-electron chi connectivity index (χ4n) is 0. The van der Waals surface area contributed by atoms with Crippen molar-refractivity contribution in [3.8, 4) is 0 Å². The molecule has 0 spiro atoms. The largest absolute Gasteiger partial charge is 0.344 e. The van der Waals surface area contributed by atoms with Crippen molar-refractivity contribution in [1.29, 1.82) is 0 Å². The van der Waals surface area contributed by atoms with Gasteiger partial charge in [0, 0.05) is 0 Å². The van der Waals surface area contributed by atoms with Crippen LogP contribution in [0.4, 0.5) is 0 Å². The molecule has 0 aromatic heterocycles. The third kappa shape index (κ3) is 31.8. The lowest BCUT2D eigenvalue weighted by molar-refractivity contribution is 2.13. The van der Waals surface area contributed by atoms with Gasteiger partial charge in [0.15, 0.2) is 0 Å². The number of hydrogen-bond donors (Lipinski definition) is 1. The van der Waals surface area contributed by atoms with Gasteiger partial charge in [-0.05, 0) is 0 Å². The summed E-state index contributed by atoms with van der Waals surface area (Å²) in [6, 6.07) is 0. The van der Waals surface area contributed by atoms with E-state index in [0.717, 1.165) is 0 Å². The fourth-order valence-corrected chi connectivity index (χ4v) is 0. The Kier molecular flexibility index (Phi) is 1020. The van der Waals surface area contributed by atoms with Crippen molar-refractivity contribution in [2.45, 2.75) is 7.43 Å². The summed E-state index contributed by atoms with van der Waals surface area (Å²) in [6.45, 7) is 0. The zero-order chi connectivity index (χ0) is 0. The second kappa shape index (κ2) is 53.3. The summed E-state index contributed by atoms with van der Waals surface area (Å²) in [4.78, 5) is 0. The van der Waals surface area contributed by atoms with E-state index in [0.29, 0.717) is 0 Å². The lowest BCUT2D eigenvalue weighted by Gasteiger charge is -0.344. The van der Waals surface area contributed by atoms with E-state index in [1.54, 1.807) is 0 Å². The molecule has 0 fully saturated rings. The maximum Gasteiger partial charge on any atom is -0.0776 e. The first-order valence-electron chi connectivity index (χ1n) is 0. The van der Waals surface area contributed by atoms with Crippen molar-refractivity contribution in [2.75, 3.05) is 0 Å². The Labute approximate surface area is 64.4 Å². The van der Waals surface area contributed by atoms with Gasteiger partial charge in [-0.25, -0.2) is 0 Å². The van der Waals surface area contributed by atoms with Crippen LogP contribution in [0.1, 0.15) is 7.43 Å². The van der Waals surface area contributed by atoms with E-state index in [9.17, 15) is 0 Å². The van der Waals surface area contributed by atoms with Crippen molar-refractivity contribution in [2.24, 2.45) is 0 Å². The van der Waals surface area contributed by atoms with Crippen molar-refractivity contribution < 1.29 is 0 Å². The van der Waals surface area contributed by atoms with E-state index < -0.39 is 0 Å². The molecule has 0 atom stereocenters. The second-order valence-electron chi connectivity index (χ2n) is 0. The van der Waals surface area contributed by atoms with Crippen LogP contribution in [0.15, 0.2) is 0 Å². The highest BCUT2D eigenvalue weighted by molar-refractivity contribution is 8.93. The predicted octanol–water partition coefficient (Wildman–Crippen LogP) is 2.53. The fraction of sp³-hybridized carbons (Fsp3) is 1.00. The van der Waals surface area contributed by atoms with Gasteiger partial charge in [0.1, 0.15) is 0 Å². The van der Waals surface area contributed by atoms with Gasteiger partial charge in [0.05, 0.1) is 0 Å². The number of hydrogen-bond acceptors (Lipinski definition) is 1. The summed E-state index contributed by atoms with van der Waals surface area (Å²) in [7, 11) is 0. The summed E-state index contributed by atoms with van der Waals surface area (Å²) in [5.74, 6) is 0. The minimum Gasteiger partial charge on any atom is -0.344 e. The molecule has 0 aliphatic rings. The highest BCUT2D eigenvalue weighted by Crippen LogP contribution is 0.848. The molecule has 0 heterocycles. The predicted molar refractivity (Wildman–Crippen MR) is 42.7 cm³/mol. The quantitative estimate of drug-likeness (QED) is 0.724. The molecule has 1 nitrogen and oxygen atoms in total. The average molecular weight is 276 g/mol. The molecule has 4 heteroatoms. The Bertz CT molecular complexity index is 6.85. The van der Waals surface area contributed by atoms with E-state index in [-0.39, 0.29) is 64.5 Å². The maximum absolute atomic E-state index is 0. The molecule has 3 N–H and O–H groups in total. The van der Waals surface area contributed by atoms with E-state index in [1.807, 2.05) is 0 Å². The standard InChI is InChI=1S/CH4.3BrH.H3N/h1H4;3*1H;1H3. The van der Waals surface area contributed by atoms with Crippen molar-refractivity contribution in [3.63, 3.8) is 0 Å². The van der Waals surface area contributed by atoms with Crippen LogP contribution in [0.3, 0.4) is 0 Å². The SMILES string of the molecule is Br.Br.Br.C.N. The first kappa shape index (κ1) is 95.2. The molecule has 0 saturated carbocycles. The van der Waals surface area contributed by atoms with Crippen LogP contribution in [-0.2, 0) is 0 Å². The molecule has 0 saturated heterocycles. The van der Waals surface area contributed by atoms with Crippen LogP contribution in [0.5, 0.6) is 0 Å². The lowest BCUT2D eigenvalue weighted by atomic mass is 12.0. The van der Waals surface area contributed by atoms with Gasteiger partial charge in [-0.1, -0.05) is 7.43 Å². The normalized spacial score (nSPS) is 0. The monoisotopic (exact) mass is 273 g/mol. The van der Waals surface area contributed by atoms with Crippen LogP contribution in [0, 0.1) is 0 Å². The molecule has 0 aromatic carbocycles. The van der Waals surface area contributed by atoms with Crippen molar-refractivity contribution in [3.05, 3.63) is 0 Å². The van der Waals surface area contributed by atoms with Gasteiger partial charge >= 0.3 is 0 Å². The Morgan fingerprint density at radius 3 is 0.600 bits per heavy atom. The average Bonchev–Trinajstić information content (AvgIpc) is 0. The Hall–Kier alpha value is 1.40. The second-order valence-corrected chi connectivity index (χ2v) is 0. The lowest BCUT2D eigenvalue weighted by Crippen LogP contribution is -0.481. The van der Waals surface area contributed by atoms with Crippen molar-refractivity contribution in [1.82, 2.24) is 6.15 Å². The van der Waals surface area contributed by atoms with Crippen LogP contribution < -0.4 is 6.15 Å². The highest BCUT2D eigenvalue weighted by atomic mass is 79.9. The molecular weight excluding hydrogens is 266 g/mol. The zero-order valence-electron chi connectivity index (χ0n) is 1.93. The maximum atomic E-state index is 0. The summed E-state index contributed by atoms with van der Waals surface area (Å²) in [6.07, 6.45) is 0. The Morgan fingerprint density at radius 1 is 0.600 bits per heavy atom. The van der Waals surface area contributed by atoms with Gasteiger partial charge in [0.25, 0.3) is 0 Å². The van der Waals surface area contributed by atoms with Gasteiger partial charge in [-0.2, -0.15) is 0 Å². The summed E-state index contributed by atoms with van der Waals surface area (Å²) >= 11 is 0. The Balaban J connectivity index is 0. The smallest absolute Gasteiger partial charge is 0.0776 e. The van der Waals surface area contributed by atoms with Crippen molar-refractivity contribution >= 4 is 50.9 Å². The van der Waals surface area contributed by atoms with Crippen LogP contribution in [0.25, 0.3) is 0 Å². The third-order valence-corrected chi connectivity index (χ3v) is 0. The molecule has 0 aliphatic carbocycles. The van der Waals surface area contributed by atoms with Gasteiger partial charge in [-0.15, -0.1) is 50.9 Å². The van der Waals surface area contributed by atoms with Crippen LogP contribution in [0.2, 0.25) is 0 Å². The molecule has 0 aromatic rings. The summed E-state index contributed by atoms with van der Waals surface area (Å²) in [5.41, 5.74) is 0. The third-order valence-electron chi connectivity index (χ3n) is 0.